The van der Waals surface area contributed by atoms with Crippen LogP contribution in [0.15, 0.2) is 139 Å². The molecule has 0 saturated carbocycles. The Morgan fingerprint density at radius 3 is 2.22 bits per heavy atom. The molecule has 6 rings (SSSR count). The number of aryl methyl sites for hydroxylation is 1. The van der Waals surface area contributed by atoms with E-state index in [-0.39, 0.29) is 0 Å². The molecule has 1 atom stereocenters. The van der Waals surface area contributed by atoms with Crippen molar-refractivity contribution in [1.82, 2.24) is 0 Å². The minimum Gasteiger partial charge on any atom is -0.0984 e. The summed E-state index contributed by atoms with van der Waals surface area (Å²) in [6.45, 7) is 13.1. The highest BCUT2D eigenvalue weighted by molar-refractivity contribution is 5.89. The van der Waals surface area contributed by atoms with Crippen LogP contribution in [0, 0.1) is 6.92 Å². The fraction of sp³-hybridized carbons (Fsp3) is 0.171. The molecule has 0 radical (unpaired) electrons. The Morgan fingerprint density at radius 1 is 0.732 bits per heavy atom. The van der Waals surface area contributed by atoms with E-state index >= 15 is 0 Å². The molecule has 0 saturated heterocycles. The first-order chi connectivity index (χ1) is 20.0. The fourth-order valence-electron chi connectivity index (χ4n) is 6.61. The average Bonchev–Trinajstić information content (AvgIpc) is 3.01. The van der Waals surface area contributed by atoms with Crippen LogP contribution in [0.25, 0.3) is 33.4 Å². The van der Waals surface area contributed by atoms with Crippen LogP contribution in [-0.4, -0.2) is 0 Å². The van der Waals surface area contributed by atoms with E-state index < -0.39 is 0 Å². The van der Waals surface area contributed by atoms with Crippen molar-refractivity contribution in [3.63, 3.8) is 0 Å². The Labute approximate surface area is 245 Å². The van der Waals surface area contributed by atoms with Crippen LogP contribution in [0.4, 0.5) is 0 Å². The summed E-state index contributed by atoms with van der Waals surface area (Å²) in [5.41, 5.74) is 17.2. The van der Waals surface area contributed by atoms with Crippen molar-refractivity contribution in [2.45, 2.75) is 46.0 Å². The van der Waals surface area contributed by atoms with E-state index in [1.807, 2.05) is 6.08 Å². The lowest BCUT2D eigenvalue weighted by atomic mass is 9.70. The molecule has 1 unspecified atom stereocenters. The van der Waals surface area contributed by atoms with Gasteiger partial charge in [0.25, 0.3) is 0 Å². The Bertz CT molecular complexity index is 1750. The molecule has 4 aromatic carbocycles. The summed E-state index contributed by atoms with van der Waals surface area (Å²) in [7, 11) is 0. The number of hydrogen-bond donors (Lipinski definition) is 0. The summed E-state index contributed by atoms with van der Waals surface area (Å²) < 4.78 is 0. The summed E-state index contributed by atoms with van der Waals surface area (Å²) in [5.74, 6) is 0.761. The molecule has 0 heterocycles. The van der Waals surface area contributed by atoms with Gasteiger partial charge in [0.15, 0.2) is 0 Å². The average molecular weight is 531 g/mol. The van der Waals surface area contributed by atoms with Gasteiger partial charge in [-0.05, 0) is 111 Å². The van der Waals surface area contributed by atoms with Crippen LogP contribution in [0.3, 0.4) is 0 Å². The van der Waals surface area contributed by atoms with Gasteiger partial charge in [-0.3, -0.25) is 0 Å². The van der Waals surface area contributed by atoms with Crippen LogP contribution in [-0.2, 0) is 0 Å². The zero-order valence-corrected chi connectivity index (χ0v) is 24.6. The topological polar surface area (TPSA) is 0 Å². The maximum atomic E-state index is 4.21. The lowest BCUT2D eigenvalue weighted by Gasteiger charge is -2.34. The van der Waals surface area contributed by atoms with Gasteiger partial charge in [0, 0.05) is 5.92 Å². The first-order valence-corrected chi connectivity index (χ1v) is 14.8. The summed E-state index contributed by atoms with van der Waals surface area (Å²) in [6.07, 6.45) is 12.1. The summed E-state index contributed by atoms with van der Waals surface area (Å²) in [6, 6.07) is 33.7. The highest BCUT2D eigenvalue weighted by Crippen LogP contribution is 2.49. The Hall–Kier alpha value is -4.42. The number of benzene rings is 4. The highest BCUT2D eigenvalue weighted by atomic mass is 14.3. The second-order valence-corrected chi connectivity index (χ2v) is 11.5. The molecule has 0 N–H and O–H groups in total. The van der Waals surface area contributed by atoms with Crippen LogP contribution in [0.2, 0.25) is 0 Å². The standard InChI is InChI=1S/C41H38/c1-6-13-35-33(7-2)38-23-21-32(26-41(38)37-17-12-11-16-36(35)37)31-19-18-28(5)39(24-31)40-25-30(20-22-34(40)27(3)4)29-14-9-8-10-15-29/h6-25,27,41H,2,26H2,1,3-5H3/b13-6-. The molecule has 0 aliphatic heterocycles. The van der Waals surface area contributed by atoms with Crippen molar-refractivity contribution in [3.8, 4) is 22.3 Å². The van der Waals surface area contributed by atoms with Crippen LogP contribution >= 0.6 is 0 Å². The van der Waals surface area contributed by atoms with Gasteiger partial charge < -0.3 is 0 Å². The zero-order chi connectivity index (χ0) is 28.5. The van der Waals surface area contributed by atoms with Gasteiger partial charge >= 0.3 is 0 Å². The third kappa shape index (κ3) is 4.89. The van der Waals surface area contributed by atoms with Gasteiger partial charge in [-0.15, -0.1) is 0 Å². The molecule has 0 aromatic heterocycles. The first-order valence-electron chi connectivity index (χ1n) is 14.8. The van der Waals surface area contributed by atoms with Crippen molar-refractivity contribution in [2.75, 3.05) is 0 Å². The molecule has 41 heavy (non-hydrogen) atoms. The summed E-state index contributed by atoms with van der Waals surface area (Å²) in [5, 5.41) is 0. The van der Waals surface area contributed by atoms with Crippen LogP contribution < -0.4 is 0 Å². The molecule has 0 bridgehead atoms. The number of allylic oxidation sites excluding steroid dienone is 9. The quantitative estimate of drug-likeness (QED) is 0.232. The Morgan fingerprint density at radius 2 is 1.46 bits per heavy atom. The molecule has 0 nitrogen and oxygen atoms in total. The van der Waals surface area contributed by atoms with Crippen molar-refractivity contribution in [1.29, 1.82) is 0 Å². The third-order valence-electron chi connectivity index (χ3n) is 8.71. The monoisotopic (exact) mass is 530 g/mol. The van der Waals surface area contributed by atoms with Crippen LogP contribution in [0.1, 0.15) is 66.8 Å². The van der Waals surface area contributed by atoms with Crippen molar-refractivity contribution in [3.05, 3.63) is 167 Å². The smallest absolute Gasteiger partial charge is 0.0142 e. The molecule has 2 aliphatic carbocycles. The van der Waals surface area contributed by atoms with E-state index in [1.54, 1.807) is 0 Å². The predicted octanol–water partition coefficient (Wildman–Crippen LogP) is 11.5. The van der Waals surface area contributed by atoms with Gasteiger partial charge in [-0.2, -0.15) is 0 Å². The molecule has 0 fully saturated rings. The molecular formula is C41H38. The predicted molar refractivity (Wildman–Crippen MR) is 178 cm³/mol. The van der Waals surface area contributed by atoms with E-state index in [0.29, 0.717) is 11.8 Å². The van der Waals surface area contributed by atoms with Crippen molar-refractivity contribution < 1.29 is 0 Å². The lowest BCUT2D eigenvalue weighted by Crippen LogP contribution is -2.16. The van der Waals surface area contributed by atoms with Gasteiger partial charge in [-0.1, -0.05) is 130 Å². The number of hydrogen-bond acceptors (Lipinski definition) is 0. The molecule has 202 valence electrons. The molecule has 0 heteroatoms. The zero-order valence-electron chi connectivity index (χ0n) is 24.6. The SMILES string of the molecule is C=CC1=C(/C=C\C)c2ccccc2C2CC(c3ccc(C)c(-c4cc(-c5ccccc5)ccc4C(C)C)c3)=CC=C12. The lowest BCUT2D eigenvalue weighted by molar-refractivity contribution is 0.811. The van der Waals surface area contributed by atoms with E-state index in [0.717, 1.165) is 6.42 Å². The second-order valence-electron chi connectivity index (χ2n) is 11.5. The maximum Gasteiger partial charge on any atom is 0.0142 e. The largest absolute Gasteiger partial charge is 0.0984 e. The van der Waals surface area contributed by atoms with Crippen molar-refractivity contribution >= 4 is 11.1 Å². The normalized spacial score (nSPS) is 16.4. The number of fused-ring (bicyclic) bond motifs is 3. The molecule has 0 amide bonds. The molecule has 0 spiro atoms. The fourth-order valence-corrected chi connectivity index (χ4v) is 6.61. The minimum absolute atomic E-state index is 0.325. The third-order valence-corrected chi connectivity index (χ3v) is 8.71. The van der Waals surface area contributed by atoms with E-state index in [4.69, 9.17) is 0 Å². The Balaban J connectivity index is 1.47. The second kappa shape index (κ2) is 11.2. The van der Waals surface area contributed by atoms with E-state index in [1.165, 1.54) is 72.4 Å². The molecular weight excluding hydrogens is 492 g/mol. The van der Waals surface area contributed by atoms with E-state index in [2.05, 4.69) is 150 Å². The Kier molecular flexibility index (Phi) is 7.33. The summed E-state index contributed by atoms with van der Waals surface area (Å²) >= 11 is 0. The first kappa shape index (κ1) is 26.8. The maximum absolute atomic E-state index is 4.21. The van der Waals surface area contributed by atoms with E-state index in [9.17, 15) is 0 Å². The molecule has 4 aromatic rings. The molecule has 2 aliphatic rings. The minimum atomic E-state index is 0.325. The summed E-state index contributed by atoms with van der Waals surface area (Å²) in [4.78, 5) is 0. The van der Waals surface area contributed by atoms with Gasteiger partial charge in [0.05, 0.1) is 0 Å². The van der Waals surface area contributed by atoms with Gasteiger partial charge in [-0.25, -0.2) is 0 Å². The highest BCUT2D eigenvalue weighted by Gasteiger charge is 2.31. The van der Waals surface area contributed by atoms with Gasteiger partial charge in [0.2, 0.25) is 0 Å². The number of rotatable bonds is 6. The van der Waals surface area contributed by atoms with Crippen LogP contribution in [0.5, 0.6) is 0 Å². The van der Waals surface area contributed by atoms with Crippen molar-refractivity contribution in [2.24, 2.45) is 0 Å². The van der Waals surface area contributed by atoms with Gasteiger partial charge in [0.1, 0.15) is 0 Å².